The van der Waals surface area contributed by atoms with Gasteiger partial charge in [-0.15, -0.1) is 23.1 Å². The third-order valence-electron chi connectivity index (χ3n) is 1.91. The molecule has 0 radical (unpaired) electrons. The van der Waals surface area contributed by atoms with Crippen LogP contribution < -0.4 is 5.73 Å². The molecule has 0 aliphatic heterocycles. The first kappa shape index (κ1) is 10.9. The lowest BCUT2D eigenvalue weighted by atomic mass is 10.3. The van der Waals surface area contributed by atoms with Crippen LogP contribution in [0.5, 0.6) is 0 Å². The van der Waals surface area contributed by atoms with E-state index in [0.29, 0.717) is 0 Å². The molecule has 1 aromatic carbocycles. The normalized spacial score (nSPS) is 10.5. The van der Waals surface area contributed by atoms with Crippen molar-refractivity contribution >= 4 is 40.4 Å². The topological polar surface area (TPSA) is 26.0 Å². The van der Waals surface area contributed by atoms with Crippen LogP contribution in [-0.4, -0.2) is 0 Å². The monoisotopic (exact) mass is 255 g/mol. The van der Waals surface area contributed by atoms with Crippen molar-refractivity contribution in [3.8, 4) is 0 Å². The number of thioether (sulfide) groups is 1. The molecular weight excluding hydrogens is 246 g/mol. The van der Waals surface area contributed by atoms with Gasteiger partial charge in [0.25, 0.3) is 0 Å². The fraction of sp³-hybridized carbons (Fsp3) is 0.0909. The van der Waals surface area contributed by atoms with Crippen molar-refractivity contribution in [1.82, 2.24) is 0 Å². The van der Waals surface area contributed by atoms with Crippen molar-refractivity contribution in [2.75, 3.05) is 5.73 Å². The van der Waals surface area contributed by atoms with Crippen LogP contribution in [0.1, 0.15) is 4.88 Å². The number of nitrogens with two attached hydrogens (primary N) is 1. The van der Waals surface area contributed by atoms with Crippen molar-refractivity contribution in [1.29, 1.82) is 0 Å². The van der Waals surface area contributed by atoms with Gasteiger partial charge in [-0.1, -0.05) is 17.7 Å². The minimum absolute atomic E-state index is 0.757. The van der Waals surface area contributed by atoms with E-state index in [1.54, 1.807) is 23.1 Å². The summed E-state index contributed by atoms with van der Waals surface area (Å²) in [7, 11) is 0. The Morgan fingerprint density at radius 3 is 2.93 bits per heavy atom. The second kappa shape index (κ2) is 4.92. The Kier molecular flexibility index (Phi) is 3.57. The molecular formula is C11H10ClNS2. The summed E-state index contributed by atoms with van der Waals surface area (Å²) in [5.74, 6) is 0.945. The number of hydrogen-bond donors (Lipinski definition) is 1. The van der Waals surface area contributed by atoms with E-state index in [1.807, 2.05) is 18.2 Å². The number of thiophene rings is 1. The predicted octanol–water partition coefficient (Wildman–Crippen LogP) is 4.28. The molecule has 78 valence electrons. The van der Waals surface area contributed by atoms with E-state index >= 15 is 0 Å². The number of anilines is 1. The van der Waals surface area contributed by atoms with Crippen LogP contribution in [0.4, 0.5) is 5.69 Å². The molecule has 1 aromatic heterocycles. The molecule has 0 atom stereocenters. The molecule has 2 aromatic rings. The molecule has 0 bridgehead atoms. The van der Waals surface area contributed by atoms with Crippen molar-refractivity contribution in [2.45, 2.75) is 10.6 Å². The van der Waals surface area contributed by atoms with Crippen LogP contribution >= 0.6 is 34.7 Å². The maximum Gasteiger partial charge on any atom is 0.0543 e. The molecule has 0 saturated carbocycles. The SMILES string of the molecule is Nc1ccc(Cl)c(SCc2cccs2)c1. The van der Waals surface area contributed by atoms with E-state index in [-0.39, 0.29) is 0 Å². The highest BCUT2D eigenvalue weighted by atomic mass is 35.5. The van der Waals surface area contributed by atoms with Crippen LogP contribution in [0, 0.1) is 0 Å². The molecule has 0 amide bonds. The average molecular weight is 256 g/mol. The highest BCUT2D eigenvalue weighted by Crippen LogP contribution is 2.32. The summed E-state index contributed by atoms with van der Waals surface area (Å²) in [5.41, 5.74) is 6.46. The number of nitrogen functional groups attached to an aromatic ring is 1. The van der Waals surface area contributed by atoms with Gasteiger partial charge >= 0.3 is 0 Å². The van der Waals surface area contributed by atoms with E-state index in [1.165, 1.54) is 4.88 Å². The Balaban J connectivity index is 2.07. The van der Waals surface area contributed by atoms with Gasteiger partial charge in [0, 0.05) is 21.2 Å². The average Bonchev–Trinajstić information content (AvgIpc) is 2.72. The number of halogens is 1. The van der Waals surface area contributed by atoms with Gasteiger partial charge in [0.1, 0.15) is 0 Å². The summed E-state index contributed by atoms with van der Waals surface area (Å²) < 4.78 is 0. The van der Waals surface area contributed by atoms with Gasteiger partial charge in [0.2, 0.25) is 0 Å². The Morgan fingerprint density at radius 1 is 1.33 bits per heavy atom. The maximum atomic E-state index is 6.06. The summed E-state index contributed by atoms with van der Waals surface area (Å²) in [6.07, 6.45) is 0. The molecule has 0 spiro atoms. The summed E-state index contributed by atoms with van der Waals surface area (Å²) in [6, 6.07) is 9.76. The first-order valence-corrected chi connectivity index (χ1v) is 6.70. The first-order valence-electron chi connectivity index (χ1n) is 4.46. The molecule has 1 nitrogen and oxygen atoms in total. The summed E-state index contributed by atoms with van der Waals surface area (Å²) in [5, 5.41) is 2.85. The predicted molar refractivity (Wildman–Crippen MR) is 69.7 cm³/mol. The van der Waals surface area contributed by atoms with Gasteiger partial charge < -0.3 is 5.73 Å². The molecule has 2 rings (SSSR count). The fourth-order valence-electron chi connectivity index (χ4n) is 1.17. The molecule has 15 heavy (non-hydrogen) atoms. The third kappa shape index (κ3) is 2.91. The number of hydrogen-bond acceptors (Lipinski definition) is 3. The zero-order valence-electron chi connectivity index (χ0n) is 7.94. The van der Waals surface area contributed by atoms with E-state index in [4.69, 9.17) is 17.3 Å². The van der Waals surface area contributed by atoms with E-state index in [0.717, 1.165) is 21.4 Å². The third-order valence-corrected chi connectivity index (χ3v) is 4.51. The molecule has 0 unspecified atom stereocenters. The minimum Gasteiger partial charge on any atom is -0.399 e. The van der Waals surface area contributed by atoms with Crippen LogP contribution in [0.2, 0.25) is 5.02 Å². The molecule has 0 fully saturated rings. The molecule has 2 N–H and O–H groups in total. The smallest absolute Gasteiger partial charge is 0.0543 e. The molecule has 0 saturated heterocycles. The van der Waals surface area contributed by atoms with E-state index < -0.39 is 0 Å². The molecule has 4 heteroatoms. The molecule has 0 aliphatic rings. The molecule has 0 aliphatic carbocycles. The van der Waals surface area contributed by atoms with Gasteiger partial charge in [-0.3, -0.25) is 0 Å². The zero-order chi connectivity index (χ0) is 10.7. The minimum atomic E-state index is 0.757. The highest BCUT2D eigenvalue weighted by molar-refractivity contribution is 7.98. The second-order valence-electron chi connectivity index (χ2n) is 3.06. The van der Waals surface area contributed by atoms with Gasteiger partial charge in [-0.05, 0) is 29.6 Å². The zero-order valence-corrected chi connectivity index (χ0v) is 10.3. The lowest BCUT2D eigenvalue weighted by molar-refractivity contribution is 1.43. The summed E-state index contributed by atoms with van der Waals surface area (Å²) in [6.45, 7) is 0. The maximum absolute atomic E-state index is 6.06. The molecule has 1 heterocycles. The lowest BCUT2D eigenvalue weighted by Gasteiger charge is -2.03. The fourth-order valence-corrected chi connectivity index (χ4v) is 3.21. The standard InChI is InChI=1S/C11H10ClNS2/c12-10-4-3-8(13)6-11(10)15-7-9-2-1-5-14-9/h1-6H,7,13H2. The van der Waals surface area contributed by atoms with E-state index in [2.05, 4.69) is 17.5 Å². The number of rotatable bonds is 3. The van der Waals surface area contributed by atoms with Gasteiger partial charge in [-0.2, -0.15) is 0 Å². The van der Waals surface area contributed by atoms with Gasteiger partial charge in [0.05, 0.1) is 5.02 Å². The van der Waals surface area contributed by atoms with Crippen LogP contribution in [-0.2, 0) is 5.75 Å². The van der Waals surface area contributed by atoms with Crippen molar-refractivity contribution in [3.63, 3.8) is 0 Å². The Hall–Kier alpha value is -0.640. The highest BCUT2D eigenvalue weighted by Gasteiger charge is 2.02. The quantitative estimate of drug-likeness (QED) is 0.655. The lowest BCUT2D eigenvalue weighted by Crippen LogP contribution is -1.85. The Bertz CT molecular complexity index is 440. The van der Waals surface area contributed by atoms with Crippen LogP contribution in [0.15, 0.2) is 40.6 Å². The van der Waals surface area contributed by atoms with Crippen molar-refractivity contribution < 1.29 is 0 Å². The van der Waals surface area contributed by atoms with Crippen molar-refractivity contribution in [3.05, 3.63) is 45.6 Å². The second-order valence-corrected chi connectivity index (χ2v) is 5.51. The largest absolute Gasteiger partial charge is 0.399 e. The first-order chi connectivity index (χ1) is 7.25. The van der Waals surface area contributed by atoms with E-state index in [9.17, 15) is 0 Å². The summed E-state index contributed by atoms with van der Waals surface area (Å²) in [4.78, 5) is 2.39. The van der Waals surface area contributed by atoms with Crippen LogP contribution in [0.25, 0.3) is 0 Å². The Labute approximate surface area is 102 Å². The van der Waals surface area contributed by atoms with Gasteiger partial charge in [0.15, 0.2) is 0 Å². The summed E-state index contributed by atoms with van der Waals surface area (Å²) >= 11 is 9.54. The van der Waals surface area contributed by atoms with Crippen molar-refractivity contribution in [2.24, 2.45) is 0 Å². The Morgan fingerprint density at radius 2 is 2.20 bits per heavy atom. The van der Waals surface area contributed by atoms with Gasteiger partial charge in [-0.25, -0.2) is 0 Å². The van der Waals surface area contributed by atoms with Crippen LogP contribution in [0.3, 0.4) is 0 Å². The number of benzene rings is 1.